The Morgan fingerprint density at radius 3 is 2.59 bits per heavy atom. The number of benzene rings is 1. The number of hydrogen-bond donors (Lipinski definition) is 0. The third-order valence-electron chi connectivity index (χ3n) is 6.17. The Morgan fingerprint density at radius 2 is 1.85 bits per heavy atom. The van der Waals surface area contributed by atoms with Gasteiger partial charge in [-0.3, -0.25) is 14.4 Å². The molecule has 3 amide bonds. The highest BCUT2D eigenvalue weighted by atomic mass is 16.2. The van der Waals surface area contributed by atoms with Crippen molar-refractivity contribution in [2.75, 3.05) is 31.1 Å². The topological polar surface area (TPSA) is 60.9 Å². The summed E-state index contributed by atoms with van der Waals surface area (Å²) in [5.41, 5.74) is 2.08. The van der Waals surface area contributed by atoms with Crippen LogP contribution in [0.5, 0.6) is 0 Å². The number of carbonyl (C=O) groups is 3. The van der Waals surface area contributed by atoms with E-state index in [2.05, 4.69) is 6.92 Å². The number of amides is 3. The Hall–Kier alpha value is -2.37. The van der Waals surface area contributed by atoms with Gasteiger partial charge in [0.05, 0.1) is 11.3 Å². The molecule has 2 saturated heterocycles. The second-order valence-corrected chi connectivity index (χ2v) is 8.16. The summed E-state index contributed by atoms with van der Waals surface area (Å²) in [7, 11) is 0. The van der Waals surface area contributed by atoms with E-state index in [1.807, 2.05) is 30.0 Å². The molecule has 27 heavy (non-hydrogen) atoms. The summed E-state index contributed by atoms with van der Waals surface area (Å²) >= 11 is 0. The zero-order valence-electron chi connectivity index (χ0n) is 16.1. The van der Waals surface area contributed by atoms with Gasteiger partial charge < -0.3 is 14.7 Å². The monoisotopic (exact) mass is 369 g/mol. The molecule has 1 atom stereocenters. The predicted octanol–water partition coefficient (Wildman–Crippen LogP) is 2.20. The van der Waals surface area contributed by atoms with Gasteiger partial charge in [-0.15, -0.1) is 0 Å². The second-order valence-electron chi connectivity index (χ2n) is 8.16. The van der Waals surface area contributed by atoms with Gasteiger partial charge in [0.2, 0.25) is 11.8 Å². The number of fused-ring (bicyclic) bond motifs is 2. The van der Waals surface area contributed by atoms with Crippen LogP contribution in [0.25, 0.3) is 0 Å². The summed E-state index contributed by atoms with van der Waals surface area (Å²) in [6.45, 7) is 6.26. The molecule has 0 radical (unpaired) electrons. The number of hydrogen-bond acceptors (Lipinski definition) is 3. The number of aryl methyl sites for hydroxylation is 1. The molecule has 3 heterocycles. The van der Waals surface area contributed by atoms with Gasteiger partial charge in [0, 0.05) is 19.6 Å². The Labute approximate surface area is 160 Å². The molecule has 3 aliphatic heterocycles. The van der Waals surface area contributed by atoms with Crippen LogP contribution in [-0.2, 0) is 9.59 Å². The quantitative estimate of drug-likeness (QED) is 0.803. The molecular weight excluding hydrogens is 342 g/mol. The third kappa shape index (κ3) is 3.22. The molecular formula is C21H27N3O3. The summed E-state index contributed by atoms with van der Waals surface area (Å²) in [5.74, 6) is 0.399. The Balaban J connectivity index is 1.66. The van der Waals surface area contributed by atoms with Crippen molar-refractivity contribution in [2.45, 2.75) is 45.6 Å². The summed E-state index contributed by atoms with van der Waals surface area (Å²) in [5, 5.41) is 0. The number of piperidine rings is 1. The first-order valence-electron chi connectivity index (χ1n) is 9.96. The maximum Gasteiger partial charge on any atom is 0.256 e. The average Bonchev–Trinajstić information content (AvgIpc) is 3.13. The molecule has 0 aromatic heterocycles. The Kier molecular flexibility index (Phi) is 4.66. The van der Waals surface area contributed by atoms with E-state index in [9.17, 15) is 14.4 Å². The molecule has 4 rings (SSSR count). The minimum atomic E-state index is -0.445. The minimum absolute atomic E-state index is 0.0148. The van der Waals surface area contributed by atoms with Crippen LogP contribution >= 0.6 is 0 Å². The highest BCUT2D eigenvalue weighted by Gasteiger charge is 2.42. The Bertz CT molecular complexity index is 783. The number of carbonyl (C=O) groups excluding carboxylic acids is 3. The lowest BCUT2D eigenvalue weighted by Gasteiger charge is -2.33. The number of likely N-dealkylation sites (tertiary alicyclic amines) is 1. The van der Waals surface area contributed by atoms with E-state index in [0.29, 0.717) is 30.1 Å². The number of rotatable bonds is 2. The summed E-state index contributed by atoms with van der Waals surface area (Å²) in [4.78, 5) is 44.3. The van der Waals surface area contributed by atoms with Crippen LogP contribution in [0.1, 0.15) is 48.5 Å². The first kappa shape index (κ1) is 18.0. The summed E-state index contributed by atoms with van der Waals surface area (Å²) < 4.78 is 0. The smallest absolute Gasteiger partial charge is 0.256 e. The van der Waals surface area contributed by atoms with Gasteiger partial charge in [0.15, 0.2) is 0 Å². The standard InChI is InChI=1S/C21H27N3O3/c1-14-7-10-22(11-8-14)19(25)13-24-17-6-5-15(2)12-16(17)20(26)23-9-3-4-18(23)21(24)27/h5-6,12,14,18H,3-4,7-11,13H2,1-2H3. The van der Waals surface area contributed by atoms with E-state index in [1.165, 1.54) is 0 Å². The van der Waals surface area contributed by atoms with Gasteiger partial charge in [-0.05, 0) is 50.7 Å². The van der Waals surface area contributed by atoms with E-state index in [1.54, 1.807) is 9.80 Å². The average molecular weight is 369 g/mol. The molecule has 0 N–H and O–H groups in total. The maximum absolute atomic E-state index is 13.3. The first-order chi connectivity index (χ1) is 13.0. The van der Waals surface area contributed by atoms with E-state index in [0.717, 1.165) is 37.9 Å². The van der Waals surface area contributed by atoms with E-state index in [-0.39, 0.29) is 24.3 Å². The largest absolute Gasteiger partial charge is 0.341 e. The zero-order valence-corrected chi connectivity index (χ0v) is 16.1. The van der Waals surface area contributed by atoms with Gasteiger partial charge in [0.25, 0.3) is 5.91 Å². The highest BCUT2D eigenvalue weighted by molar-refractivity contribution is 6.12. The van der Waals surface area contributed by atoms with Crippen molar-refractivity contribution in [3.8, 4) is 0 Å². The van der Waals surface area contributed by atoms with Crippen molar-refractivity contribution >= 4 is 23.4 Å². The van der Waals surface area contributed by atoms with E-state index in [4.69, 9.17) is 0 Å². The number of anilines is 1. The SMILES string of the molecule is Cc1ccc2c(c1)C(=O)N1CCCC1C(=O)N2CC(=O)N1CCC(C)CC1. The summed E-state index contributed by atoms with van der Waals surface area (Å²) in [6.07, 6.45) is 3.51. The first-order valence-corrected chi connectivity index (χ1v) is 9.96. The molecule has 0 aliphatic carbocycles. The lowest BCUT2D eigenvalue weighted by Crippen LogP contribution is -2.49. The van der Waals surface area contributed by atoms with Gasteiger partial charge in [-0.25, -0.2) is 0 Å². The molecule has 1 aromatic rings. The maximum atomic E-state index is 13.3. The highest BCUT2D eigenvalue weighted by Crippen LogP contribution is 2.33. The van der Waals surface area contributed by atoms with E-state index >= 15 is 0 Å². The van der Waals surface area contributed by atoms with Crippen LogP contribution in [0.15, 0.2) is 18.2 Å². The molecule has 1 aromatic carbocycles. The van der Waals surface area contributed by atoms with Crippen molar-refractivity contribution < 1.29 is 14.4 Å². The Morgan fingerprint density at radius 1 is 1.11 bits per heavy atom. The van der Waals surface area contributed by atoms with Gasteiger partial charge in [0.1, 0.15) is 12.6 Å². The molecule has 2 fully saturated rings. The third-order valence-corrected chi connectivity index (χ3v) is 6.17. The van der Waals surface area contributed by atoms with Crippen LogP contribution in [0.2, 0.25) is 0 Å². The zero-order chi connectivity index (χ0) is 19.1. The van der Waals surface area contributed by atoms with Gasteiger partial charge in [-0.1, -0.05) is 18.6 Å². The molecule has 0 spiro atoms. The second kappa shape index (κ2) is 6.98. The van der Waals surface area contributed by atoms with Crippen molar-refractivity contribution in [1.29, 1.82) is 0 Å². The van der Waals surface area contributed by atoms with Crippen molar-refractivity contribution in [3.05, 3.63) is 29.3 Å². The molecule has 3 aliphatic rings. The molecule has 144 valence electrons. The van der Waals surface area contributed by atoms with Gasteiger partial charge >= 0.3 is 0 Å². The van der Waals surface area contributed by atoms with Crippen LogP contribution < -0.4 is 4.90 Å². The molecule has 6 heteroatoms. The van der Waals surface area contributed by atoms with Crippen molar-refractivity contribution in [2.24, 2.45) is 5.92 Å². The summed E-state index contributed by atoms with van der Waals surface area (Å²) in [6, 6.07) is 5.11. The fraction of sp³-hybridized carbons (Fsp3) is 0.571. The molecule has 1 unspecified atom stereocenters. The molecule has 6 nitrogen and oxygen atoms in total. The van der Waals surface area contributed by atoms with Crippen molar-refractivity contribution in [1.82, 2.24) is 9.80 Å². The minimum Gasteiger partial charge on any atom is -0.341 e. The fourth-order valence-corrected chi connectivity index (χ4v) is 4.43. The lowest BCUT2D eigenvalue weighted by molar-refractivity contribution is -0.133. The van der Waals surface area contributed by atoms with Crippen LogP contribution in [0.3, 0.4) is 0 Å². The lowest BCUT2D eigenvalue weighted by atomic mass is 9.99. The van der Waals surface area contributed by atoms with Gasteiger partial charge in [-0.2, -0.15) is 0 Å². The number of nitrogens with zero attached hydrogens (tertiary/aromatic N) is 3. The van der Waals surface area contributed by atoms with Crippen molar-refractivity contribution in [3.63, 3.8) is 0 Å². The van der Waals surface area contributed by atoms with E-state index < -0.39 is 6.04 Å². The molecule has 0 bridgehead atoms. The normalized spacial score (nSPS) is 23.3. The fourth-order valence-electron chi connectivity index (χ4n) is 4.43. The predicted molar refractivity (Wildman–Crippen MR) is 103 cm³/mol. The van der Waals surface area contributed by atoms with Crippen LogP contribution in [-0.4, -0.2) is 59.7 Å². The van der Waals surface area contributed by atoms with Crippen LogP contribution in [0, 0.1) is 12.8 Å². The molecule has 0 saturated carbocycles. The van der Waals surface area contributed by atoms with Crippen LogP contribution in [0.4, 0.5) is 5.69 Å².